The highest BCUT2D eigenvalue weighted by Crippen LogP contribution is 2.33. The zero-order valence-corrected chi connectivity index (χ0v) is 28.6. The molecule has 192 valence electrons. The molecule has 0 amide bonds. The summed E-state index contributed by atoms with van der Waals surface area (Å²) < 4.78 is 33.4. The van der Waals surface area contributed by atoms with Gasteiger partial charge in [0.1, 0.15) is 20.4 Å². The molecule has 1 aliphatic rings. The van der Waals surface area contributed by atoms with Gasteiger partial charge in [0, 0.05) is 0 Å². The highest BCUT2D eigenvalue weighted by molar-refractivity contribution is 6.74. The molecule has 0 spiro atoms. The minimum Gasteiger partial charge on any atom is -0.415 e. The van der Waals surface area contributed by atoms with E-state index in [1.54, 1.807) is 0 Å². The average molecular weight is 540 g/mol. The molecule has 0 aromatic rings. The summed E-state index contributed by atoms with van der Waals surface area (Å²) in [7, 11) is -9.00. The number of hydrogen-bond acceptors (Lipinski definition) is 6. The van der Waals surface area contributed by atoms with Crippen molar-refractivity contribution in [1.82, 2.24) is 4.98 Å². The number of ether oxygens (including phenoxy) is 1. The standard InChI is InChI=1S/C21H53NO5Si5/c1-28(2,3)22-18-20(26-31(10,11)12)19(25-30(7,8)9)17(16-23-29(4,5)6)24-21(18)27-32(13,14)15/h17-22H,16H2,1-15H3/t17?,18?,19-,20?,21+/m0/s1. The summed E-state index contributed by atoms with van der Waals surface area (Å²) >= 11 is 0. The molecule has 1 aliphatic heterocycles. The topological polar surface area (TPSA) is 58.2 Å². The molecule has 32 heavy (non-hydrogen) atoms. The van der Waals surface area contributed by atoms with E-state index in [1.807, 2.05) is 0 Å². The van der Waals surface area contributed by atoms with E-state index in [0.717, 1.165) is 0 Å². The van der Waals surface area contributed by atoms with Crippen LogP contribution in [0.3, 0.4) is 0 Å². The third-order valence-corrected chi connectivity index (χ3v) is 9.51. The molecule has 1 N–H and O–H groups in total. The van der Waals surface area contributed by atoms with Crippen molar-refractivity contribution in [2.75, 3.05) is 6.61 Å². The monoisotopic (exact) mass is 539 g/mol. The summed E-state index contributed by atoms with van der Waals surface area (Å²) in [4.78, 5) is 3.92. The lowest BCUT2D eigenvalue weighted by Crippen LogP contribution is -2.71. The molecule has 0 aliphatic carbocycles. The van der Waals surface area contributed by atoms with Crippen molar-refractivity contribution in [2.45, 2.75) is 129 Å². The van der Waals surface area contributed by atoms with Crippen molar-refractivity contribution < 1.29 is 22.4 Å². The van der Waals surface area contributed by atoms with Gasteiger partial charge in [0.25, 0.3) is 0 Å². The van der Waals surface area contributed by atoms with Gasteiger partial charge in [0.05, 0.1) is 18.8 Å². The summed E-state index contributed by atoms with van der Waals surface area (Å²) in [5.41, 5.74) is 0. The number of rotatable bonds is 11. The van der Waals surface area contributed by atoms with E-state index in [4.69, 9.17) is 22.4 Å². The van der Waals surface area contributed by atoms with Gasteiger partial charge in [-0.15, -0.1) is 0 Å². The van der Waals surface area contributed by atoms with Crippen LogP contribution in [-0.4, -0.2) is 78.8 Å². The van der Waals surface area contributed by atoms with Gasteiger partial charge in [0.15, 0.2) is 39.6 Å². The first-order valence-electron chi connectivity index (χ1n) is 12.1. The lowest BCUT2D eigenvalue weighted by Gasteiger charge is -2.52. The molecular formula is C21H53NO5Si5. The minimum absolute atomic E-state index is 0.0652. The fraction of sp³-hybridized carbons (Fsp3) is 1.00. The first kappa shape index (κ1) is 30.9. The molecule has 3 unspecified atom stereocenters. The minimum atomic E-state index is -1.88. The van der Waals surface area contributed by atoms with Gasteiger partial charge in [-0.3, -0.25) is 0 Å². The Bertz CT molecular complexity index is 590. The van der Waals surface area contributed by atoms with E-state index in [-0.39, 0.29) is 30.6 Å². The SMILES string of the molecule is C[Si](C)(C)NC1C(O[Si](C)(C)C)[C@@H](O[Si](C)(C)C)C(CO[Si](C)(C)C)O[C@@H]1O[Si](C)(C)C. The molecule has 1 saturated heterocycles. The zero-order valence-electron chi connectivity index (χ0n) is 23.6. The van der Waals surface area contributed by atoms with Crippen molar-refractivity contribution in [3.05, 3.63) is 0 Å². The molecule has 0 saturated carbocycles. The van der Waals surface area contributed by atoms with Crippen LogP contribution in [0.25, 0.3) is 0 Å². The summed E-state index contributed by atoms with van der Waals surface area (Å²) in [6, 6.07) is -0.0652. The average Bonchev–Trinajstić information content (AvgIpc) is 2.45. The summed E-state index contributed by atoms with van der Waals surface area (Å²) in [6.45, 7) is 34.2. The van der Waals surface area contributed by atoms with E-state index in [9.17, 15) is 0 Å². The van der Waals surface area contributed by atoms with Crippen molar-refractivity contribution in [1.29, 1.82) is 0 Å². The maximum atomic E-state index is 6.91. The summed E-state index contributed by atoms with van der Waals surface area (Å²) in [5, 5.41) is 0. The van der Waals surface area contributed by atoms with Gasteiger partial charge < -0.3 is 27.4 Å². The maximum Gasteiger partial charge on any atom is 0.187 e. The summed E-state index contributed by atoms with van der Waals surface area (Å²) in [6.07, 6.45) is -0.896. The van der Waals surface area contributed by atoms with Gasteiger partial charge in [-0.2, -0.15) is 0 Å². The van der Waals surface area contributed by atoms with Gasteiger partial charge in [-0.1, -0.05) is 19.6 Å². The lowest BCUT2D eigenvalue weighted by atomic mass is 9.98. The van der Waals surface area contributed by atoms with Gasteiger partial charge in [-0.25, -0.2) is 0 Å². The molecule has 0 bridgehead atoms. The first-order chi connectivity index (χ1) is 14.0. The number of hydrogen-bond donors (Lipinski definition) is 1. The van der Waals surface area contributed by atoms with E-state index < -0.39 is 41.5 Å². The Hall–Kier alpha value is 0.844. The molecule has 1 heterocycles. The molecule has 11 heteroatoms. The molecule has 1 fully saturated rings. The molecule has 0 radical (unpaired) electrons. The lowest BCUT2D eigenvalue weighted by molar-refractivity contribution is -0.236. The van der Waals surface area contributed by atoms with E-state index in [1.165, 1.54) is 0 Å². The van der Waals surface area contributed by atoms with Crippen molar-refractivity contribution in [3.8, 4) is 0 Å². The van der Waals surface area contributed by atoms with Crippen molar-refractivity contribution in [2.24, 2.45) is 0 Å². The van der Waals surface area contributed by atoms with Crippen molar-refractivity contribution >= 4 is 41.5 Å². The van der Waals surface area contributed by atoms with Crippen LogP contribution in [0.15, 0.2) is 0 Å². The van der Waals surface area contributed by atoms with Crippen molar-refractivity contribution in [3.63, 3.8) is 0 Å². The largest absolute Gasteiger partial charge is 0.415 e. The highest BCUT2D eigenvalue weighted by atomic mass is 28.4. The summed E-state index contributed by atoms with van der Waals surface area (Å²) in [5.74, 6) is 0. The van der Waals surface area contributed by atoms with E-state index >= 15 is 0 Å². The first-order valence-corrected chi connectivity index (χ1v) is 29.2. The van der Waals surface area contributed by atoms with Crippen LogP contribution >= 0.6 is 0 Å². The maximum absolute atomic E-state index is 6.91. The third-order valence-electron chi connectivity index (χ3n) is 4.38. The molecule has 6 nitrogen and oxygen atoms in total. The Morgan fingerprint density at radius 1 is 0.594 bits per heavy atom. The quantitative estimate of drug-likeness (QED) is 0.343. The van der Waals surface area contributed by atoms with Crippen LogP contribution in [0.4, 0.5) is 0 Å². The van der Waals surface area contributed by atoms with Gasteiger partial charge in [0.2, 0.25) is 0 Å². The molecule has 0 aromatic heterocycles. The Morgan fingerprint density at radius 2 is 1.03 bits per heavy atom. The predicted octanol–water partition coefficient (Wildman–Crippen LogP) is 5.65. The Balaban J connectivity index is 3.50. The predicted molar refractivity (Wildman–Crippen MR) is 149 cm³/mol. The Labute approximate surface area is 204 Å². The van der Waals surface area contributed by atoms with Crippen LogP contribution < -0.4 is 4.98 Å². The zero-order chi connectivity index (χ0) is 25.3. The normalized spacial score (nSPS) is 28.8. The second-order valence-corrected chi connectivity index (χ2v) is 36.7. The smallest absolute Gasteiger partial charge is 0.187 e. The van der Waals surface area contributed by atoms with Crippen LogP contribution in [0, 0.1) is 0 Å². The van der Waals surface area contributed by atoms with Crippen LogP contribution in [-0.2, 0) is 22.4 Å². The van der Waals surface area contributed by atoms with E-state index in [0.29, 0.717) is 6.61 Å². The van der Waals surface area contributed by atoms with Crippen LogP contribution in [0.1, 0.15) is 0 Å². The Morgan fingerprint density at radius 3 is 1.41 bits per heavy atom. The molecule has 0 aromatic carbocycles. The third kappa shape index (κ3) is 12.5. The number of nitrogens with one attached hydrogen (secondary N) is 1. The fourth-order valence-corrected chi connectivity index (χ4v) is 8.63. The van der Waals surface area contributed by atoms with Crippen LogP contribution in [0.2, 0.25) is 98.2 Å². The van der Waals surface area contributed by atoms with Gasteiger partial charge in [-0.05, 0) is 78.6 Å². The highest BCUT2D eigenvalue weighted by Gasteiger charge is 2.52. The molecule has 1 rings (SSSR count). The molecule has 5 atom stereocenters. The van der Waals surface area contributed by atoms with Gasteiger partial charge >= 0.3 is 0 Å². The second kappa shape index (κ2) is 10.8. The van der Waals surface area contributed by atoms with Crippen LogP contribution in [0.5, 0.6) is 0 Å². The second-order valence-electron chi connectivity index (χ2n) is 14.0. The fourth-order valence-electron chi connectivity index (χ4n) is 3.57. The van der Waals surface area contributed by atoms with E-state index in [2.05, 4.69) is 103 Å². The molecular weight excluding hydrogens is 487 g/mol. The Kier molecular flexibility index (Phi) is 10.5.